The van der Waals surface area contributed by atoms with E-state index in [4.69, 9.17) is 19.3 Å². The number of nitrogens with zero attached hydrogens (tertiary/aromatic N) is 4. The number of amides is 1. The van der Waals surface area contributed by atoms with Crippen molar-refractivity contribution in [3.63, 3.8) is 0 Å². The summed E-state index contributed by atoms with van der Waals surface area (Å²) < 4.78 is 21.6. The average molecular weight is 636 g/mol. The van der Waals surface area contributed by atoms with Gasteiger partial charge in [-0.25, -0.2) is 14.2 Å². The van der Waals surface area contributed by atoms with Gasteiger partial charge in [-0.3, -0.25) is 0 Å². The molecule has 0 spiro atoms. The normalized spacial score (nSPS) is 16.6. The Morgan fingerprint density at radius 1 is 1.11 bits per heavy atom. The van der Waals surface area contributed by atoms with Gasteiger partial charge in [0.15, 0.2) is 6.23 Å². The van der Waals surface area contributed by atoms with Crippen LogP contribution in [0.2, 0.25) is 16.6 Å². The van der Waals surface area contributed by atoms with Crippen LogP contribution in [0.15, 0.2) is 24.4 Å². The number of alkyl carbamates (subject to hydrolysis) is 1. The zero-order chi connectivity index (χ0) is 33.1. The van der Waals surface area contributed by atoms with E-state index in [0.717, 1.165) is 53.6 Å². The van der Waals surface area contributed by atoms with Crippen LogP contribution in [0.3, 0.4) is 0 Å². The lowest BCUT2D eigenvalue weighted by Crippen LogP contribution is -2.43. The largest absolute Gasteiger partial charge is 0.472 e. The quantitative estimate of drug-likeness (QED) is 0.189. The first kappa shape index (κ1) is 34.6. The van der Waals surface area contributed by atoms with Crippen LogP contribution >= 0.6 is 0 Å². The molecular formula is C35H53N5O4Si. The second kappa shape index (κ2) is 14.0. The van der Waals surface area contributed by atoms with Gasteiger partial charge in [0.1, 0.15) is 25.5 Å². The molecule has 0 bridgehead atoms. The van der Waals surface area contributed by atoms with Crippen molar-refractivity contribution in [3.05, 3.63) is 30.1 Å². The molecule has 3 heterocycles. The molecule has 1 aromatic carbocycles. The Morgan fingerprint density at radius 2 is 1.80 bits per heavy atom. The number of rotatable bonds is 9. The fraction of sp³-hybridized carbons (Fsp3) is 0.629. The molecule has 10 heteroatoms. The first-order valence-electron chi connectivity index (χ1n) is 16.5. The van der Waals surface area contributed by atoms with E-state index in [1.54, 1.807) is 4.68 Å². The predicted molar refractivity (Wildman–Crippen MR) is 183 cm³/mol. The maximum absolute atomic E-state index is 12.2. The zero-order valence-electron chi connectivity index (χ0n) is 29.2. The highest BCUT2D eigenvalue weighted by molar-refractivity contribution is 6.90. The number of fused-ring (bicyclic) bond motifs is 1. The molecule has 1 amide bonds. The summed E-state index contributed by atoms with van der Waals surface area (Å²) in [6, 6.07) is 6.36. The van der Waals surface area contributed by atoms with E-state index in [1.807, 2.05) is 45.6 Å². The standard InChI is InChI=1S/C35H53N5O4Si/c1-23(2)45(24(3)4,25(5)6)19-17-30-28-20-27(15-16-31(28)40(38-30)32-14-12-13-18-42-32)29-22-37-39(11)33(29)43-26(7)21-36-34(41)44-35(8,9)10/h15-16,20,22-26,32H,12-14,18,21H2,1-11H3,(H,36,41)/t26-,32?/m0/s1. The van der Waals surface area contributed by atoms with E-state index in [0.29, 0.717) is 29.0 Å². The summed E-state index contributed by atoms with van der Waals surface area (Å²) in [5.74, 6) is 4.25. The summed E-state index contributed by atoms with van der Waals surface area (Å²) in [5, 5.41) is 13.4. The van der Waals surface area contributed by atoms with Gasteiger partial charge in [0.05, 0.1) is 23.8 Å². The zero-order valence-corrected chi connectivity index (χ0v) is 30.2. The maximum Gasteiger partial charge on any atom is 0.407 e. The lowest BCUT2D eigenvalue weighted by atomic mass is 10.1. The molecule has 2 aromatic heterocycles. The van der Waals surface area contributed by atoms with E-state index in [2.05, 4.69) is 81.6 Å². The molecule has 1 unspecified atom stereocenters. The topological polar surface area (TPSA) is 92.4 Å². The number of carbonyl (C=O) groups is 1. The fourth-order valence-corrected chi connectivity index (χ4v) is 11.9. The van der Waals surface area contributed by atoms with Crippen molar-refractivity contribution in [2.24, 2.45) is 7.05 Å². The van der Waals surface area contributed by atoms with E-state index < -0.39 is 19.8 Å². The second-order valence-electron chi connectivity index (χ2n) is 14.3. The molecule has 3 aromatic rings. The Hall–Kier alpha value is -3.29. The number of aryl methyl sites for hydroxylation is 1. The molecule has 9 nitrogen and oxygen atoms in total. The third kappa shape index (κ3) is 7.75. The molecule has 4 rings (SSSR count). The highest BCUT2D eigenvalue weighted by Crippen LogP contribution is 2.41. The summed E-state index contributed by atoms with van der Waals surface area (Å²) in [6.45, 7) is 22.5. The van der Waals surface area contributed by atoms with Gasteiger partial charge in [0, 0.05) is 19.0 Å². The lowest BCUT2D eigenvalue weighted by molar-refractivity contribution is -0.0367. The molecule has 2 atom stereocenters. The number of benzene rings is 1. The number of hydrogen-bond acceptors (Lipinski definition) is 6. The highest BCUT2D eigenvalue weighted by Gasteiger charge is 2.41. The Labute approximate surface area is 270 Å². The van der Waals surface area contributed by atoms with Gasteiger partial charge < -0.3 is 19.5 Å². The third-order valence-electron chi connectivity index (χ3n) is 8.84. The molecule has 0 radical (unpaired) electrons. The average Bonchev–Trinajstić information content (AvgIpc) is 3.51. The first-order chi connectivity index (χ1) is 21.1. The van der Waals surface area contributed by atoms with Gasteiger partial charge in [-0.15, -0.1) is 5.54 Å². The SMILES string of the molecule is CC(C)[Si](C#Cc1nn(C2CCCCO2)c2ccc(-c3cnn(C)c3O[C@@H](C)CNC(=O)OC(C)(C)C)cc12)(C(C)C)C(C)C. The van der Waals surface area contributed by atoms with Crippen molar-refractivity contribution in [2.75, 3.05) is 13.2 Å². The maximum atomic E-state index is 12.2. The van der Waals surface area contributed by atoms with E-state index in [1.165, 1.54) is 0 Å². The van der Waals surface area contributed by atoms with Crippen molar-refractivity contribution in [1.82, 2.24) is 24.9 Å². The molecule has 1 aliphatic heterocycles. The van der Waals surface area contributed by atoms with Gasteiger partial charge >= 0.3 is 6.09 Å². The number of carbonyl (C=O) groups excluding carboxylic acids is 1. The molecule has 0 aliphatic carbocycles. The summed E-state index contributed by atoms with van der Waals surface area (Å²) >= 11 is 0. The van der Waals surface area contributed by atoms with Crippen LogP contribution in [-0.2, 0) is 16.5 Å². The van der Waals surface area contributed by atoms with Crippen molar-refractivity contribution in [1.29, 1.82) is 0 Å². The molecule has 1 fully saturated rings. The van der Waals surface area contributed by atoms with Crippen LogP contribution in [-0.4, -0.2) is 58.6 Å². The van der Waals surface area contributed by atoms with E-state index in [-0.39, 0.29) is 12.3 Å². The van der Waals surface area contributed by atoms with Gasteiger partial charge in [-0.05, 0) is 81.3 Å². The summed E-state index contributed by atoms with van der Waals surface area (Å²) in [4.78, 5) is 12.2. The number of hydrogen-bond donors (Lipinski definition) is 1. The Morgan fingerprint density at radius 3 is 2.40 bits per heavy atom. The molecule has 1 aliphatic rings. The molecule has 0 saturated carbocycles. The van der Waals surface area contributed by atoms with E-state index in [9.17, 15) is 4.79 Å². The molecule has 246 valence electrons. The third-order valence-corrected chi connectivity index (χ3v) is 15.1. The minimum atomic E-state index is -1.97. The molecular weight excluding hydrogens is 583 g/mol. The smallest absolute Gasteiger partial charge is 0.407 e. The van der Waals surface area contributed by atoms with Crippen molar-refractivity contribution in [3.8, 4) is 28.5 Å². The first-order valence-corrected chi connectivity index (χ1v) is 18.7. The molecule has 1 N–H and O–H groups in total. The molecule has 45 heavy (non-hydrogen) atoms. The van der Waals surface area contributed by atoms with Gasteiger partial charge in [0.25, 0.3) is 0 Å². The van der Waals surface area contributed by atoms with E-state index >= 15 is 0 Å². The van der Waals surface area contributed by atoms with Crippen LogP contribution < -0.4 is 10.1 Å². The number of nitrogens with one attached hydrogen (secondary N) is 1. The van der Waals surface area contributed by atoms with Gasteiger partial charge in [0.2, 0.25) is 5.88 Å². The van der Waals surface area contributed by atoms with Crippen LogP contribution in [0.25, 0.3) is 22.0 Å². The van der Waals surface area contributed by atoms with Crippen LogP contribution in [0, 0.1) is 11.5 Å². The minimum absolute atomic E-state index is 0.0967. The summed E-state index contributed by atoms with van der Waals surface area (Å²) in [5.41, 5.74) is 8.52. The fourth-order valence-electron chi connectivity index (χ4n) is 6.67. The Bertz CT molecular complexity index is 1510. The van der Waals surface area contributed by atoms with Crippen LogP contribution in [0.1, 0.15) is 100 Å². The van der Waals surface area contributed by atoms with Crippen molar-refractivity contribution >= 4 is 25.1 Å². The van der Waals surface area contributed by atoms with Crippen LogP contribution in [0.4, 0.5) is 4.79 Å². The van der Waals surface area contributed by atoms with Gasteiger partial charge in [-0.1, -0.05) is 53.5 Å². The Kier molecular flexibility index (Phi) is 10.8. The van der Waals surface area contributed by atoms with Crippen LogP contribution in [0.5, 0.6) is 5.88 Å². The minimum Gasteiger partial charge on any atom is -0.472 e. The van der Waals surface area contributed by atoms with Crippen molar-refractivity contribution in [2.45, 2.75) is 123 Å². The number of aromatic nitrogens is 4. The highest BCUT2D eigenvalue weighted by atomic mass is 28.3. The second-order valence-corrected chi connectivity index (χ2v) is 19.9. The summed E-state index contributed by atoms with van der Waals surface area (Å²) in [7, 11) is -0.117. The number of ether oxygens (including phenoxy) is 3. The predicted octanol–water partition coefficient (Wildman–Crippen LogP) is 8.00. The lowest BCUT2D eigenvalue weighted by Gasteiger charge is -2.38. The monoisotopic (exact) mass is 635 g/mol. The summed E-state index contributed by atoms with van der Waals surface area (Å²) in [6.07, 6.45) is 4.06. The molecule has 1 saturated heterocycles. The Balaban J connectivity index is 1.73. The van der Waals surface area contributed by atoms with Crippen molar-refractivity contribution < 1.29 is 19.0 Å². The van der Waals surface area contributed by atoms with Gasteiger partial charge in [-0.2, -0.15) is 10.2 Å².